The fourth-order valence-electron chi connectivity index (χ4n) is 2.92. The van der Waals surface area contributed by atoms with Crippen molar-refractivity contribution in [2.75, 3.05) is 0 Å². The average molecular weight is 355 g/mol. The minimum Gasteiger partial charge on any atom is -0.348 e. The van der Waals surface area contributed by atoms with Gasteiger partial charge in [0.05, 0.1) is 6.54 Å². The Morgan fingerprint density at radius 1 is 1.28 bits per heavy atom. The van der Waals surface area contributed by atoms with Crippen molar-refractivity contribution in [2.24, 2.45) is 5.92 Å². The van der Waals surface area contributed by atoms with E-state index >= 15 is 0 Å². The van der Waals surface area contributed by atoms with Crippen molar-refractivity contribution >= 4 is 5.91 Å². The van der Waals surface area contributed by atoms with Crippen LogP contribution in [-0.2, 0) is 30.4 Å². The number of carbonyl (C=O) groups is 1. The first-order valence-corrected chi connectivity index (χ1v) is 7.74. The van der Waals surface area contributed by atoms with Crippen molar-refractivity contribution in [2.45, 2.75) is 45.8 Å². The van der Waals surface area contributed by atoms with Gasteiger partial charge in [-0.3, -0.25) is 4.79 Å². The van der Waals surface area contributed by atoms with Crippen LogP contribution in [0.5, 0.6) is 0 Å². The van der Waals surface area contributed by atoms with Gasteiger partial charge in [-0.15, -0.1) is 0 Å². The number of halogens is 3. The standard InChI is InChI=1S/C15H16F3N5O2/c1-7-20-11-4-3-9(5-10(11)13(21-7)15(16,17)18)14(24)19-6-12-22-8(2)25-23-12/h9H,3-6H2,1-2H3,(H,19,24). The first kappa shape index (κ1) is 17.3. The van der Waals surface area contributed by atoms with Crippen LogP contribution in [0.3, 0.4) is 0 Å². The second-order valence-electron chi connectivity index (χ2n) is 5.93. The van der Waals surface area contributed by atoms with Gasteiger partial charge < -0.3 is 9.84 Å². The number of hydrogen-bond donors (Lipinski definition) is 1. The molecule has 0 bridgehead atoms. The summed E-state index contributed by atoms with van der Waals surface area (Å²) in [4.78, 5) is 23.9. The highest BCUT2D eigenvalue weighted by atomic mass is 19.4. The maximum absolute atomic E-state index is 13.2. The Labute approximate surface area is 141 Å². The van der Waals surface area contributed by atoms with Crippen LogP contribution in [0.2, 0.25) is 0 Å². The summed E-state index contributed by atoms with van der Waals surface area (Å²) >= 11 is 0. The van der Waals surface area contributed by atoms with Gasteiger partial charge in [0.25, 0.3) is 0 Å². The molecule has 1 aliphatic carbocycles. The summed E-state index contributed by atoms with van der Waals surface area (Å²) < 4.78 is 44.5. The van der Waals surface area contributed by atoms with Crippen molar-refractivity contribution in [3.8, 4) is 0 Å². The Kier molecular flexibility index (Phi) is 4.44. The first-order chi connectivity index (χ1) is 11.7. The molecule has 10 heteroatoms. The summed E-state index contributed by atoms with van der Waals surface area (Å²) in [5, 5.41) is 6.29. The third-order valence-corrected chi connectivity index (χ3v) is 4.01. The summed E-state index contributed by atoms with van der Waals surface area (Å²) in [5.41, 5.74) is -0.557. The van der Waals surface area contributed by atoms with Crippen LogP contribution < -0.4 is 5.32 Å². The lowest BCUT2D eigenvalue weighted by Crippen LogP contribution is -2.35. The highest BCUT2D eigenvalue weighted by Gasteiger charge is 2.39. The second kappa shape index (κ2) is 6.41. The normalized spacial score (nSPS) is 17.2. The molecule has 3 rings (SSSR count). The number of amides is 1. The number of rotatable bonds is 3. The van der Waals surface area contributed by atoms with E-state index in [4.69, 9.17) is 4.52 Å². The molecule has 1 N–H and O–H groups in total. The molecule has 7 nitrogen and oxygen atoms in total. The Hall–Kier alpha value is -2.52. The number of nitrogens with zero attached hydrogens (tertiary/aromatic N) is 4. The van der Waals surface area contributed by atoms with Crippen LogP contribution in [0, 0.1) is 19.8 Å². The fraction of sp³-hybridized carbons (Fsp3) is 0.533. The molecular formula is C15H16F3N5O2. The van der Waals surface area contributed by atoms with E-state index in [0.717, 1.165) is 0 Å². The summed E-state index contributed by atoms with van der Waals surface area (Å²) in [6.45, 7) is 3.12. The van der Waals surface area contributed by atoms with Gasteiger partial charge in [-0.1, -0.05) is 5.16 Å². The van der Waals surface area contributed by atoms with Gasteiger partial charge in [0.15, 0.2) is 11.5 Å². The zero-order valence-electron chi connectivity index (χ0n) is 13.6. The van der Waals surface area contributed by atoms with Crippen molar-refractivity contribution < 1.29 is 22.5 Å². The van der Waals surface area contributed by atoms with Crippen LogP contribution in [0.25, 0.3) is 0 Å². The lowest BCUT2D eigenvalue weighted by molar-refractivity contribution is -0.142. The van der Waals surface area contributed by atoms with E-state index < -0.39 is 17.8 Å². The summed E-state index contributed by atoms with van der Waals surface area (Å²) in [5.74, 6) is -0.147. The summed E-state index contributed by atoms with van der Waals surface area (Å²) in [7, 11) is 0. The van der Waals surface area contributed by atoms with Gasteiger partial charge in [0.1, 0.15) is 5.82 Å². The minimum atomic E-state index is -4.57. The molecule has 2 heterocycles. The molecule has 0 fully saturated rings. The molecular weight excluding hydrogens is 339 g/mol. The smallest absolute Gasteiger partial charge is 0.348 e. The number of carbonyl (C=O) groups excluding carboxylic acids is 1. The van der Waals surface area contributed by atoms with E-state index in [-0.39, 0.29) is 30.3 Å². The Bertz CT molecular complexity index is 803. The number of fused-ring (bicyclic) bond motifs is 1. The number of aromatic nitrogens is 4. The Balaban J connectivity index is 1.75. The molecule has 25 heavy (non-hydrogen) atoms. The lowest BCUT2D eigenvalue weighted by atomic mass is 9.85. The minimum absolute atomic E-state index is 0.0138. The molecule has 0 radical (unpaired) electrons. The average Bonchev–Trinajstić information content (AvgIpc) is 2.96. The molecule has 2 aromatic heterocycles. The van der Waals surface area contributed by atoms with E-state index in [1.54, 1.807) is 6.92 Å². The van der Waals surface area contributed by atoms with Crippen LogP contribution in [0.1, 0.15) is 40.9 Å². The largest absolute Gasteiger partial charge is 0.433 e. The monoisotopic (exact) mass is 355 g/mol. The molecule has 1 aliphatic rings. The van der Waals surface area contributed by atoms with Gasteiger partial charge in [-0.05, 0) is 26.2 Å². The molecule has 0 saturated heterocycles. The molecule has 0 aliphatic heterocycles. The van der Waals surface area contributed by atoms with E-state index in [2.05, 4.69) is 25.4 Å². The molecule has 1 amide bonds. The number of aryl methyl sites for hydroxylation is 3. The third-order valence-electron chi connectivity index (χ3n) is 4.01. The van der Waals surface area contributed by atoms with Gasteiger partial charge in [0.2, 0.25) is 11.8 Å². The predicted octanol–water partition coefficient (Wildman–Crippen LogP) is 1.92. The Morgan fingerprint density at radius 2 is 2.04 bits per heavy atom. The van der Waals surface area contributed by atoms with Crippen LogP contribution in [0.4, 0.5) is 13.2 Å². The van der Waals surface area contributed by atoms with Crippen LogP contribution >= 0.6 is 0 Å². The van der Waals surface area contributed by atoms with E-state index in [9.17, 15) is 18.0 Å². The van der Waals surface area contributed by atoms with Gasteiger partial charge in [0, 0.05) is 24.1 Å². The molecule has 2 aromatic rings. The summed E-state index contributed by atoms with van der Waals surface area (Å²) in [6, 6.07) is 0. The molecule has 0 aromatic carbocycles. The molecule has 1 atom stereocenters. The molecule has 0 spiro atoms. The van der Waals surface area contributed by atoms with Gasteiger partial charge in [-0.25, -0.2) is 9.97 Å². The SMILES string of the molecule is Cc1nc2c(c(C(F)(F)F)n1)CC(C(=O)NCc1noc(C)n1)CC2. The van der Waals surface area contributed by atoms with Crippen molar-refractivity contribution in [3.05, 3.63) is 34.5 Å². The quantitative estimate of drug-likeness (QED) is 0.904. The molecule has 0 saturated carbocycles. The first-order valence-electron chi connectivity index (χ1n) is 7.74. The van der Waals surface area contributed by atoms with E-state index in [1.807, 2.05) is 0 Å². The zero-order valence-corrected chi connectivity index (χ0v) is 13.6. The molecule has 134 valence electrons. The highest BCUT2D eigenvalue weighted by Crippen LogP contribution is 2.35. The second-order valence-corrected chi connectivity index (χ2v) is 5.93. The zero-order chi connectivity index (χ0) is 18.2. The third kappa shape index (κ3) is 3.77. The number of alkyl halides is 3. The van der Waals surface area contributed by atoms with Crippen molar-refractivity contribution in [3.63, 3.8) is 0 Å². The number of hydrogen-bond acceptors (Lipinski definition) is 6. The van der Waals surface area contributed by atoms with Gasteiger partial charge in [-0.2, -0.15) is 18.2 Å². The topological polar surface area (TPSA) is 93.8 Å². The fourth-order valence-corrected chi connectivity index (χ4v) is 2.92. The van der Waals surface area contributed by atoms with Crippen LogP contribution in [-0.4, -0.2) is 26.0 Å². The van der Waals surface area contributed by atoms with Crippen molar-refractivity contribution in [1.29, 1.82) is 0 Å². The predicted molar refractivity (Wildman–Crippen MR) is 78.2 cm³/mol. The van der Waals surface area contributed by atoms with E-state index in [1.165, 1.54) is 6.92 Å². The summed E-state index contributed by atoms with van der Waals surface area (Å²) in [6.07, 6.45) is -3.88. The highest BCUT2D eigenvalue weighted by molar-refractivity contribution is 5.79. The maximum Gasteiger partial charge on any atom is 0.433 e. The van der Waals surface area contributed by atoms with E-state index in [0.29, 0.717) is 30.3 Å². The van der Waals surface area contributed by atoms with Crippen molar-refractivity contribution in [1.82, 2.24) is 25.4 Å². The number of nitrogens with one attached hydrogen (secondary N) is 1. The Morgan fingerprint density at radius 3 is 2.68 bits per heavy atom. The molecule has 1 unspecified atom stereocenters. The maximum atomic E-state index is 13.2. The van der Waals surface area contributed by atoms with Crippen LogP contribution in [0.15, 0.2) is 4.52 Å². The lowest BCUT2D eigenvalue weighted by Gasteiger charge is -2.25. The van der Waals surface area contributed by atoms with Gasteiger partial charge >= 0.3 is 6.18 Å².